The minimum absolute atomic E-state index is 0.495. The zero-order valence-corrected chi connectivity index (χ0v) is 14.3. The molecule has 0 amide bonds. The van der Waals surface area contributed by atoms with Gasteiger partial charge in [0, 0.05) is 17.1 Å². The summed E-state index contributed by atoms with van der Waals surface area (Å²) in [5.74, 6) is 1.12. The van der Waals surface area contributed by atoms with Crippen LogP contribution in [0.4, 0.5) is 0 Å². The van der Waals surface area contributed by atoms with E-state index in [1.807, 2.05) is 0 Å². The Morgan fingerprint density at radius 2 is 1.80 bits per heavy atom. The van der Waals surface area contributed by atoms with Crippen molar-refractivity contribution >= 4 is 31.9 Å². The SMILES string of the molecule is COc1cc(Br)c(C(O)c2c(Br)nnn2C)cc1OC. The van der Waals surface area contributed by atoms with Crippen molar-refractivity contribution in [1.82, 2.24) is 15.0 Å². The van der Waals surface area contributed by atoms with Gasteiger partial charge in [0.05, 0.1) is 14.2 Å². The van der Waals surface area contributed by atoms with Gasteiger partial charge in [-0.05, 0) is 28.1 Å². The maximum atomic E-state index is 10.5. The maximum Gasteiger partial charge on any atom is 0.161 e. The van der Waals surface area contributed by atoms with Crippen LogP contribution in [0.5, 0.6) is 11.5 Å². The normalized spacial score (nSPS) is 12.3. The van der Waals surface area contributed by atoms with Crippen molar-refractivity contribution in [3.05, 3.63) is 32.5 Å². The van der Waals surface area contributed by atoms with Gasteiger partial charge in [-0.2, -0.15) is 0 Å². The molecule has 1 aromatic heterocycles. The molecule has 108 valence electrons. The molecule has 6 nitrogen and oxygen atoms in total. The van der Waals surface area contributed by atoms with Crippen LogP contribution >= 0.6 is 31.9 Å². The lowest BCUT2D eigenvalue weighted by atomic mass is 10.1. The average molecular weight is 407 g/mol. The van der Waals surface area contributed by atoms with E-state index < -0.39 is 6.10 Å². The van der Waals surface area contributed by atoms with Crippen LogP contribution in [0.1, 0.15) is 17.4 Å². The summed E-state index contributed by atoms with van der Waals surface area (Å²) in [5.41, 5.74) is 1.19. The third-order valence-electron chi connectivity index (χ3n) is 2.88. The first kappa shape index (κ1) is 15.3. The second-order valence-corrected chi connectivity index (χ2v) is 5.63. The van der Waals surface area contributed by atoms with Crippen molar-refractivity contribution in [2.75, 3.05) is 14.2 Å². The van der Waals surface area contributed by atoms with E-state index in [1.165, 1.54) is 4.68 Å². The van der Waals surface area contributed by atoms with E-state index in [9.17, 15) is 5.11 Å². The first-order valence-electron chi connectivity index (χ1n) is 5.64. The summed E-state index contributed by atoms with van der Waals surface area (Å²) in [4.78, 5) is 0. The summed E-state index contributed by atoms with van der Waals surface area (Å²) in [5, 5.41) is 18.3. The van der Waals surface area contributed by atoms with Crippen LogP contribution < -0.4 is 9.47 Å². The number of nitrogens with zero attached hydrogens (tertiary/aromatic N) is 3. The number of rotatable bonds is 4. The Bertz CT molecular complexity index is 611. The van der Waals surface area contributed by atoms with E-state index in [1.54, 1.807) is 33.4 Å². The van der Waals surface area contributed by atoms with E-state index in [2.05, 4.69) is 42.2 Å². The number of hydrogen-bond donors (Lipinski definition) is 1. The highest BCUT2D eigenvalue weighted by Crippen LogP contribution is 2.38. The van der Waals surface area contributed by atoms with Gasteiger partial charge in [-0.15, -0.1) is 5.10 Å². The minimum atomic E-state index is -0.904. The van der Waals surface area contributed by atoms with Crippen LogP contribution in [0.2, 0.25) is 0 Å². The summed E-state index contributed by atoms with van der Waals surface area (Å²) < 4.78 is 13.2. The molecule has 0 bridgehead atoms. The summed E-state index contributed by atoms with van der Waals surface area (Å²) >= 11 is 6.70. The fraction of sp³-hybridized carbons (Fsp3) is 0.333. The lowest BCUT2D eigenvalue weighted by Crippen LogP contribution is -2.08. The van der Waals surface area contributed by atoms with Crippen LogP contribution in [0.3, 0.4) is 0 Å². The zero-order chi connectivity index (χ0) is 14.9. The Kier molecular flexibility index (Phi) is 4.66. The molecule has 1 N–H and O–H groups in total. The van der Waals surface area contributed by atoms with Crippen molar-refractivity contribution in [2.24, 2.45) is 7.05 Å². The van der Waals surface area contributed by atoms with Gasteiger partial charge >= 0.3 is 0 Å². The second-order valence-electron chi connectivity index (χ2n) is 4.02. The monoisotopic (exact) mass is 405 g/mol. The summed E-state index contributed by atoms with van der Waals surface area (Å²) in [6.07, 6.45) is -0.904. The van der Waals surface area contributed by atoms with E-state index in [-0.39, 0.29) is 0 Å². The van der Waals surface area contributed by atoms with Gasteiger partial charge in [0.2, 0.25) is 0 Å². The topological polar surface area (TPSA) is 69.4 Å². The molecule has 1 unspecified atom stereocenters. The van der Waals surface area contributed by atoms with Gasteiger partial charge in [-0.1, -0.05) is 21.1 Å². The number of methoxy groups -OCH3 is 2. The predicted molar refractivity (Wildman–Crippen MR) is 80.0 cm³/mol. The van der Waals surface area contributed by atoms with Gasteiger partial charge < -0.3 is 14.6 Å². The molecule has 0 fully saturated rings. The van der Waals surface area contributed by atoms with Gasteiger partial charge in [-0.25, -0.2) is 4.68 Å². The van der Waals surface area contributed by atoms with Crippen molar-refractivity contribution in [3.8, 4) is 11.5 Å². The van der Waals surface area contributed by atoms with Crippen molar-refractivity contribution < 1.29 is 14.6 Å². The maximum absolute atomic E-state index is 10.5. The number of ether oxygens (including phenoxy) is 2. The fourth-order valence-electron chi connectivity index (χ4n) is 1.86. The number of benzene rings is 1. The average Bonchev–Trinajstić information content (AvgIpc) is 2.77. The molecule has 1 heterocycles. The molecular formula is C12H13Br2N3O3. The molecule has 1 aromatic carbocycles. The minimum Gasteiger partial charge on any atom is -0.493 e. The molecule has 0 saturated heterocycles. The largest absolute Gasteiger partial charge is 0.493 e. The quantitative estimate of drug-likeness (QED) is 0.844. The van der Waals surface area contributed by atoms with E-state index in [0.717, 1.165) is 0 Å². The molecule has 2 aromatic rings. The van der Waals surface area contributed by atoms with Gasteiger partial charge in [0.15, 0.2) is 16.1 Å². The Morgan fingerprint density at radius 1 is 1.20 bits per heavy atom. The third kappa shape index (κ3) is 2.68. The summed E-state index contributed by atoms with van der Waals surface area (Å²) in [7, 11) is 4.82. The Hall–Kier alpha value is -1.12. The Balaban J connectivity index is 2.52. The lowest BCUT2D eigenvalue weighted by Gasteiger charge is -2.16. The molecule has 20 heavy (non-hydrogen) atoms. The van der Waals surface area contributed by atoms with Gasteiger partial charge in [-0.3, -0.25) is 0 Å². The van der Waals surface area contributed by atoms with Crippen LogP contribution in [0.25, 0.3) is 0 Å². The summed E-state index contributed by atoms with van der Waals surface area (Å²) in [6, 6.07) is 3.46. The van der Waals surface area contributed by atoms with Crippen molar-refractivity contribution in [2.45, 2.75) is 6.10 Å². The molecule has 8 heteroatoms. The molecular weight excluding hydrogens is 394 g/mol. The van der Waals surface area contributed by atoms with Crippen LogP contribution in [-0.4, -0.2) is 34.3 Å². The number of hydrogen-bond acceptors (Lipinski definition) is 5. The van der Waals surface area contributed by atoms with Crippen molar-refractivity contribution in [3.63, 3.8) is 0 Å². The van der Waals surface area contributed by atoms with E-state index in [4.69, 9.17) is 9.47 Å². The standard InChI is InChI=1S/C12H13Br2N3O3/c1-17-10(12(14)15-16-17)11(18)6-4-8(19-2)9(20-3)5-7(6)13/h4-5,11,18H,1-3H3. The van der Waals surface area contributed by atoms with Gasteiger partial charge in [0.1, 0.15) is 11.8 Å². The molecule has 0 aliphatic rings. The number of aromatic nitrogens is 3. The number of aryl methyl sites for hydroxylation is 1. The molecule has 0 saturated carbocycles. The van der Waals surface area contributed by atoms with Crippen LogP contribution in [0, 0.1) is 0 Å². The van der Waals surface area contributed by atoms with Crippen molar-refractivity contribution in [1.29, 1.82) is 0 Å². The third-order valence-corrected chi connectivity index (χ3v) is 4.13. The molecule has 0 aliphatic carbocycles. The van der Waals surface area contributed by atoms with Gasteiger partial charge in [0.25, 0.3) is 0 Å². The number of aliphatic hydroxyl groups excluding tert-OH is 1. The Labute approximate surface area is 133 Å². The van der Waals surface area contributed by atoms with E-state index >= 15 is 0 Å². The first-order chi connectivity index (χ1) is 9.49. The highest BCUT2D eigenvalue weighted by atomic mass is 79.9. The zero-order valence-electron chi connectivity index (χ0n) is 11.1. The molecule has 0 aliphatic heterocycles. The molecule has 0 spiro atoms. The smallest absolute Gasteiger partial charge is 0.161 e. The number of halogens is 2. The Morgan fingerprint density at radius 3 is 2.30 bits per heavy atom. The van der Waals surface area contributed by atoms with Crippen LogP contribution in [-0.2, 0) is 7.05 Å². The lowest BCUT2D eigenvalue weighted by molar-refractivity contribution is 0.207. The fourth-order valence-corrected chi connectivity index (χ4v) is 2.94. The highest BCUT2D eigenvalue weighted by molar-refractivity contribution is 9.10. The highest BCUT2D eigenvalue weighted by Gasteiger charge is 2.23. The second kappa shape index (κ2) is 6.11. The van der Waals surface area contributed by atoms with E-state index in [0.29, 0.717) is 31.8 Å². The predicted octanol–water partition coefficient (Wildman–Crippen LogP) is 2.44. The molecule has 2 rings (SSSR count). The number of aliphatic hydroxyl groups is 1. The molecule has 0 radical (unpaired) electrons. The van der Waals surface area contributed by atoms with Crippen LogP contribution in [0.15, 0.2) is 21.2 Å². The summed E-state index contributed by atoms with van der Waals surface area (Å²) in [6.45, 7) is 0. The molecule has 1 atom stereocenters. The first-order valence-corrected chi connectivity index (χ1v) is 7.22.